The van der Waals surface area contributed by atoms with E-state index in [0.717, 1.165) is 0 Å². The minimum Gasteiger partial charge on any atom is -0.342 e. The van der Waals surface area contributed by atoms with Crippen molar-refractivity contribution >= 4 is 51.6 Å². The van der Waals surface area contributed by atoms with E-state index in [1.54, 1.807) is 42.8 Å². The Balaban J connectivity index is 1.67. The van der Waals surface area contributed by atoms with Crippen LogP contribution in [0.2, 0.25) is 5.02 Å². The first kappa shape index (κ1) is 22.3. The molecule has 0 bridgehead atoms. The number of amides is 2. The van der Waals surface area contributed by atoms with Gasteiger partial charge in [0.05, 0.1) is 11.3 Å². The summed E-state index contributed by atoms with van der Waals surface area (Å²) in [5.41, 5.74) is 0.510. The van der Waals surface area contributed by atoms with Crippen molar-refractivity contribution in [1.82, 2.24) is 25.1 Å². The number of halogens is 1. The van der Waals surface area contributed by atoms with Gasteiger partial charge in [0.15, 0.2) is 16.1 Å². The van der Waals surface area contributed by atoms with Crippen LogP contribution >= 0.6 is 34.7 Å². The highest BCUT2D eigenvalue weighted by Gasteiger charge is 2.23. The summed E-state index contributed by atoms with van der Waals surface area (Å²) in [6, 6.07) is 6.30. The van der Waals surface area contributed by atoms with E-state index in [2.05, 4.69) is 25.8 Å². The summed E-state index contributed by atoms with van der Waals surface area (Å²) in [6.45, 7) is 6.21. The highest BCUT2D eigenvalue weighted by molar-refractivity contribution is 8.00. The van der Waals surface area contributed by atoms with Crippen LogP contribution in [-0.4, -0.2) is 36.8 Å². The minimum absolute atomic E-state index is 0.161. The fraction of sp³-hybridized carbons (Fsp3) is 0.316. The molecule has 3 rings (SSSR count). The number of hydrogen-bond donors (Lipinski definition) is 2. The number of carbonyl (C=O) groups is 2. The summed E-state index contributed by atoms with van der Waals surface area (Å²) in [5.74, 6) is 0.233. The van der Waals surface area contributed by atoms with Crippen molar-refractivity contribution in [2.75, 3.05) is 5.32 Å². The second kappa shape index (κ2) is 10.1. The molecular formula is C19H21ClN6O2S2. The number of anilines is 1. The number of hydrogen-bond acceptors (Lipinski definition) is 7. The molecule has 0 saturated heterocycles. The summed E-state index contributed by atoms with van der Waals surface area (Å²) < 4.78 is 1.89. The van der Waals surface area contributed by atoms with Crippen LogP contribution in [0.1, 0.15) is 43.0 Å². The smallest absolute Gasteiger partial charge is 0.251 e. The average Bonchev–Trinajstić information content (AvgIpc) is 3.37. The molecule has 2 heterocycles. The van der Waals surface area contributed by atoms with E-state index in [0.29, 0.717) is 33.2 Å². The minimum atomic E-state index is -0.393. The highest BCUT2D eigenvalue weighted by Crippen LogP contribution is 2.26. The highest BCUT2D eigenvalue weighted by atomic mass is 35.5. The van der Waals surface area contributed by atoms with Gasteiger partial charge in [0.25, 0.3) is 5.91 Å². The lowest BCUT2D eigenvalue weighted by Gasteiger charge is -2.16. The zero-order chi connectivity index (χ0) is 21.7. The third-order valence-electron chi connectivity index (χ3n) is 4.22. The van der Waals surface area contributed by atoms with E-state index in [-0.39, 0.29) is 17.9 Å². The third-order valence-corrected chi connectivity index (χ3v) is 6.24. The molecule has 2 aromatic heterocycles. The van der Waals surface area contributed by atoms with Gasteiger partial charge in [-0.2, -0.15) is 0 Å². The van der Waals surface area contributed by atoms with Crippen LogP contribution in [0, 0.1) is 0 Å². The van der Waals surface area contributed by atoms with Crippen LogP contribution in [-0.2, 0) is 11.3 Å². The van der Waals surface area contributed by atoms with Crippen molar-refractivity contribution in [3.05, 3.63) is 52.3 Å². The van der Waals surface area contributed by atoms with Gasteiger partial charge in [-0.05, 0) is 45.0 Å². The molecule has 1 aromatic carbocycles. The van der Waals surface area contributed by atoms with Crippen molar-refractivity contribution in [3.63, 3.8) is 0 Å². The number of thioether (sulfide) groups is 1. The van der Waals surface area contributed by atoms with Gasteiger partial charge < -0.3 is 15.2 Å². The van der Waals surface area contributed by atoms with Gasteiger partial charge in [0.2, 0.25) is 5.91 Å². The van der Waals surface area contributed by atoms with Crippen LogP contribution in [0.4, 0.5) is 5.13 Å². The number of nitrogens with one attached hydrogen (secondary N) is 2. The maximum atomic E-state index is 12.5. The van der Waals surface area contributed by atoms with E-state index < -0.39 is 5.25 Å². The molecule has 8 nitrogen and oxygen atoms in total. The SMILES string of the molecule is CCn1c(S[C@H](C)C(=O)Nc2nccs2)nnc1[C@H](C)NC(=O)c1ccc(Cl)cc1. The van der Waals surface area contributed by atoms with Gasteiger partial charge in [-0.15, -0.1) is 21.5 Å². The van der Waals surface area contributed by atoms with Crippen LogP contribution < -0.4 is 10.6 Å². The Morgan fingerprint density at radius 2 is 1.97 bits per heavy atom. The fourth-order valence-electron chi connectivity index (χ4n) is 2.65. The van der Waals surface area contributed by atoms with Crippen molar-refractivity contribution in [2.45, 2.75) is 43.8 Å². The van der Waals surface area contributed by atoms with E-state index >= 15 is 0 Å². The molecule has 2 amide bonds. The average molecular weight is 465 g/mol. The standard InChI is InChI=1S/C19H21ClN6O2S2/c1-4-26-15(11(2)22-17(28)13-5-7-14(20)8-6-13)24-25-19(26)30-12(3)16(27)23-18-21-9-10-29-18/h5-12H,4H2,1-3H3,(H,22,28)(H,21,23,27)/t11-,12+/m0/s1. The molecule has 2 atom stereocenters. The van der Waals surface area contributed by atoms with Gasteiger partial charge in [0.1, 0.15) is 0 Å². The van der Waals surface area contributed by atoms with Crippen molar-refractivity contribution in [1.29, 1.82) is 0 Å². The number of rotatable bonds is 8. The molecule has 0 aliphatic heterocycles. The molecule has 0 aliphatic carbocycles. The van der Waals surface area contributed by atoms with Gasteiger partial charge in [0, 0.05) is 28.7 Å². The maximum absolute atomic E-state index is 12.5. The lowest BCUT2D eigenvalue weighted by Crippen LogP contribution is -2.29. The maximum Gasteiger partial charge on any atom is 0.251 e. The molecular weight excluding hydrogens is 444 g/mol. The predicted octanol–water partition coefficient (Wildman–Crippen LogP) is 4.02. The fourth-order valence-corrected chi connectivity index (χ4v) is 4.23. The Morgan fingerprint density at radius 3 is 2.60 bits per heavy atom. The van der Waals surface area contributed by atoms with Gasteiger partial charge in [-0.25, -0.2) is 4.98 Å². The quantitative estimate of drug-likeness (QED) is 0.488. The van der Waals surface area contributed by atoms with Gasteiger partial charge in [-0.3, -0.25) is 9.59 Å². The molecule has 30 heavy (non-hydrogen) atoms. The summed E-state index contributed by atoms with van der Waals surface area (Å²) in [6.07, 6.45) is 1.64. The van der Waals surface area contributed by atoms with E-state index in [1.807, 2.05) is 18.4 Å². The van der Waals surface area contributed by atoms with Crippen molar-refractivity contribution in [3.8, 4) is 0 Å². The molecule has 3 aromatic rings. The molecule has 0 radical (unpaired) electrons. The van der Waals surface area contributed by atoms with E-state index in [4.69, 9.17) is 11.6 Å². The first-order valence-corrected chi connectivity index (χ1v) is 11.4. The van der Waals surface area contributed by atoms with E-state index in [1.165, 1.54) is 23.1 Å². The van der Waals surface area contributed by atoms with Crippen molar-refractivity contribution in [2.24, 2.45) is 0 Å². The Morgan fingerprint density at radius 1 is 1.23 bits per heavy atom. The van der Waals surface area contributed by atoms with Gasteiger partial charge in [-0.1, -0.05) is 23.4 Å². The Bertz CT molecular complexity index is 1010. The lowest BCUT2D eigenvalue weighted by atomic mass is 10.2. The van der Waals surface area contributed by atoms with Crippen molar-refractivity contribution < 1.29 is 9.59 Å². The van der Waals surface area contributed by atoms with Crippen LogP contribution in [0.15, 0.2) is 41.0 Å². The molecule has 0 unspecified atom stereocenters. The monoisotopic (exact) mass is 464 g/mol. The number of aromatic nitrogens is 4. The number of nitrogens with zero attached hydrogens (tertiary/aromatic N) is 4. The molecule has 0 aliphatic rings. The second-order valence-electron chi connectivity index (χ2n) is 6.37. The zero-order valence-corrected chi connectivity index (χ0v) is 19.0. The number of carbonyl (C=O) groups excluding carboxylic acids is 2. The first-order chi connectivity index (χ1) is 14.4. The summed E-state index contributed by atoms with van der Waals surface area (Å²) in [7, 11) is 0. The molecule has 0 spiro atoms. The third kappa shape index (κ3) is 5.38. The number of benzene rings is 1. The lowest BCUT2D eigenvalue weighted by molar-refractivity contribution is -0.115. The predicted molar refractivity (Wildman–Crippen MR) is 119 cm³/mol. The van der Waals surface area contributed by atoms with Gasteiger partial charge >= 0.3 is 0 Å². The Kier molecular flexibility index (Phi) is 7.46. The van der Waals surface area contributed by atoms with Crippen LogP contribution in [0.3, 0.4) is 0 Å². The first-order valence-electron chi connectivity index (χ1n) is 9.25. The largest absolute Gasteiger partial charge is 0.342 e. The number of thiazole rings is 1. The topological polar surface area (TPSA) is 102 Å². The molecule has 0 saturated carbocycles. The van der Waals surface area contributed by atoms with E-state index in [9.17, 15) is 9.59 Å². The Hall–Kier alpha value is -2.43. The molecule has 0 fully saturated rings. The molecule has 158 valence electrons. The normalized spacial score (nSPS) is 12.9. The summed E-state index contributed by atoms with van der Waals surface area (Å²) >= 11 is 8.55. The van der Waals surface area contributed by atoms with Crippen LogP contribution in [0.5, 0.6) is 0 Å². The summed E-state index contributed by atoms with van der Waals surface area (Å²) in [5, 5.41) is 17.3. The zero-order valence-electron chi connectivity index (χ0n) is 16.6. The molecule has 2 N–H and O–H groups in total. The molecule has 11 heteroatoms. The van der Waals surface area contributed by atoms with Crippen LogP contribution in [0.25, 0.3) is 0 Å². The Labute approximate surface area is 187 Å². The second-order valence-corrected chi connectivity index (χ2v) is 9.01. The summed E-state index contributed by atoms with van der Waals surface area (Å²) in [4.78, 5) is 28.9.